The zero-order chi connectivity index (χ0) is 20.4. The number of benzene rings is 1. The van der Waals surface area contributed by atoms with E-state index in [4.69, 9.17) is 10.5 Å². The van der Waals surface area contributed by atoms with Gasteiger partial charge in [-0.05, 0) is 37.1 Å². The van der Waals surface area contributed by atoms with Gasteiger partial charge in [0.15, 0.2) is 0 Å². The third kappa shape index (κ3) is 4.18. The quantitative estimate of drug-likeness (QED) is 0.768. The number of carbonyl (C=O) groups is 1. The molecule has 4 rings (SSSR count). The first-order valence-electron chi connectivity index (χ1n) is 10.1. The predicted octanol–water partition coefficient (Wildman–Crippen LogP) is 1.74. The van der Waals surface area contributed by atoms with Crippen molar-refractivity contribution in [2.45, 2.75) is 38.0 Å². The summed E-state index contributed by atoms with van der Waals surface area (Å²) in [5.74, 6) is 1.30. The molecule has 1 amide bonds. The number of hydrogen-bond acceptors (Lipinski definition) is 7. The number of carbonyl (C=O) groups excluding carboxylic acids is 1. The van der Waals surface area contributed by atoms with Crippen molar-refractivity contribution < 1.29 is 9.53 Å². The molecule has 1 unspecified atom stereocenters. The van der Waals surface area contributed by atoms with E-state index in [2.05, 4.69) is 39.2 Å². The molecule has 8 heteroatoms. The number of hydrogen-bond donors (Lipinski definition) is 2. The Kier molecular flexibility index (Phi) is 5.64. The van der Waals surface area contributed by atoms with Gasteiger partial charge in [0, 0.05) is 51.1 Å². The molecule has 3 heterocycles. The van der Waals surface area contributed by atoms with Gasteiger partial charge in [-0.1, -0.05) is 12.1 Å². The highest BCUT2D eigenvalue weighted by Gasteiger charge is 2.34. The second-order valence-electron chi connectivity index (χ2n) is 7.69. The fourth-order valence-electron chi connectivity index (χ4n) is 4.18. The Bertz CT molecular complexity index is 859. The van der Waals surface area contributed by atoms with E-state index in [1.807, 2.05) is 23.1 Å². The Morgan fingerprint density at radius 3 is 2.69 bits per heavy atom. The Balaban J connectivity index is 1.41. The molecule has 0 aliphatic carbocycles. The first-order chi connectivity index (χ1) is 14.0. The van der Waals surface area contributed by atoms with Crippen LogP contribution in [0.1, 0.15) is 31.4 Å². The molecule has 3 atom stereocenters. The number of methoxy groups -OCH3 is 1. The topological polar surface area (TPSA) is 96.6 Å². The number of rotatable bonds is 6. The van der Waals surface area contributed by atoms with Crippen LogP contribution in [-0.2, 0) is 9.53 Å². The monoisotopic (exact) mass is 396 g/mol. The van der Waals surface area contributed by atoms with Crippen LogP contribution in [0.3, 0.4) is 0 Å². The number of nitrogens with zero attached hydrogens (tertiary/aromatic N) is 4. The van der Waals surface area contributed by atoms with Gasteiger partial charge >= 0.3 is 0 Å². The maximum absolute atomic E-state index is 11.9. The summed E-state index contributed by atoms with van der Waals surface area (Å²) in [6, 6.07) is 10.4. The van der Waals surface area contributed by atoms with Crippen LogP contribution >= 0.6 is 0 Å². The maximum atomic E-state index is 11.9. The minimum absolute atomic E-state index is 0.0511. The number of anilines is 3. The van der Waals surface area contributed by atoms with Crippen molar-refractivity contribution in [2.24, 2.45) is 0 Å². The van der Waals surface area contributed by atoms with Gasteiger partial charge in [0.1, 0.15) is 5.82 Å². The summed E-state index contributed by atoms with van der Waals surface area (Å²) < 4.78 is 5.72. The van der Waals surface area contributed by atoms with E-state index >= 15 is 0 Å². The van der Waals surface area contributed by atoms with Crippen molar-refractivity contribution in [2.75, 3.05) is 42.3 Å². The Hall–Kier alpha value is -2.71. The molecule has 0 spiro atoms. The fourth-order valence-corrected chi connectivity index (χ4v) is 4.18. The predicted molar refractivity (Wildman–Crippen MR) is 113 cm³/mol. The zero-order valence-electron chi connectivity index (χ0n) is 16.9. The molecule has 2 aliphatic heterocycles. The molecule has 3 N–H and O–H groups in total. The number of amides is 1. The number of nitrogen functional groups attached to an aromatic ring is 1. The number of aromatic nitrogens is 2. The highest BCUT2D eigenvalue weighted by molar-refractivity contribution is 5.95. The number of nitrogens with two attached hydrogens (primary N) is 1. The molecule has 29 heavy (non-hydrogen) atoms. The van der Waals surface area contributed by atoms with E-state index < -0.39 is 0 Å². The molecule has 2 aliphatic rings. The minimum atomic E-state index is 0.0511. The molecular weight excluding hydrogens is 368 g/mol. The van der Waals surface area contributed by atoms with Gasteiger partial charge in [0.05, 0.1) is 12.1 Å². The Morgan fingerprint density at radius 1 is 1.24 bits per heavy atom. The van der Waals surface area contributed by atoms with Crippen LogP contribution in [0.2, 0.25) is 0 Å². The molecule has 1 aromatic heterocycles. The van der Waals surface area contributed by atoms with E-state index in [0.29, 0.717) is 6.42 Å². The van der Waals surface area contributed by atoms with Crippen LogP contribution in [0.5, 0.6) is 0 Å². The lowest BCUT2D eigenvalue weighted by Gasteiger charge is -2.24. The summed E-state index contributed by atoms with van der Waals surface area (Å²) in [5, 5.41) is 3.69. The first-order valence-corrected chi connectivity index (χ1v) is 10.1. The van der Waals surface area contributed by atoms with Crippen molar-refractivity contribution in [3.8, 4) is 0 Å². The average molecular weight is 396 g/mol. The molecule has 0 radical (unpaired) electrons. The van der Waals surface area contributed by atoms with E-state index in [0.717, 1.165) is 37.6 Å². The number of ether oxygens (including phenoxy) is 1. The van der Waals surface area contributed by atoms with Gasteiger partial charge in [-0.2, -0.15) is 4.98 Å². The third-order valence-electron chi connectivity index (χ3n) is 5.79. The molecule has 2 aromatic rings. The van der Waals surface area contributed by atoms with E-state index in [9.17, 15) is 4.79 Å². The van der Waals surface area contributed by atoms with E-state index in [1.54, 1.807) is 13.3 Å². The SMILES string of the molecule is CO[C@@H]1CN(c2ccnc(N)n2)C[C@@H]1NC(C)c1ccc(N2CCCC2=O)cc1. The third-order valence-corrected chi connectivity index (χ3v) is 5.79. The lowest BCUT2D eigenvalue weighted by Crippen LogP contribution is -2.41. The molecule has 1 aromatic carbocycles. The smallest absolute Gasteiger partial charge is 0.227 e. The van der Waals surface area contributed by atoms with Crippen molar-refractivity contribution in [1.29, 1.82) is 0 Å². The highest BCUT2D eigenvalue weighted by Crippen LogP contribution is 2.26. The maximum Gasteiger partial charge on any atom is 0.227 e. The minimum Gasteiger partial charge on any atom is -0.378 e. The fraction of sp³-hybridized carbons (Fsp3) is 0.476. The van der Waals surface area contributed by atoms with Crippen LogP contribution in [-0.4, -0.2) is 54.8 Å². The Labute approximate surface area is 171 Å². The van der Waals surface area contributed by atoms with Gasteiger partial charge in [0.2, 0.25) is 11.9 Å². The molecule has 0 bridgehead atoms. The van der Waals surface area contributed by atoms with Crippen LogP contribution in [0, 0.1) is 0 Å². The molecule has 0 saturated carbocycles. The summed E-state index contributed by atoms with van der Waals surface area (Å²) in [6.45, 7) is 4.48. The van der Waals surface area contributed by atoms with E-state index in [1.165, 1.54) is 5.56 Å². The van der Waals surface area contributed by atoms with Crippen molar-refractivity contribution in [3.05, 3.63) is 42.1 Å². The van der Waals surface area contributed by atoms with Gasteiger partial charge in [-0.15, -0.1) is 0 Å². The lowest BCUT2D eigenvalue weighted by atomic mass is 10.1. The number of nitrogens with one attached hydrogen (secondary N) is 1. The van der Waals surface area contributed by atoms with Gasteiger partial charge < -0.3 is 25.6 Å². The van der Waals surface area contributed by atoms with Gasteiger partial charge in [-0.3, -0.25) is 4.79 Å². The first kappa shape index (κ1) is 19.6. The standard InChI is InChI=1S/C21H28N6O2/c1-14(15-5-7-16(8-6-15)27-11-3-4-20(27)28)24-17-12-26(13-18(17)29-2)19-9-10-23-21(22)25-19/h5-10,14,17-18,24H,3-4,11-13H2,1-2H3,(H2,22,23,25)/t14?,17-,18+/m0/s1. The molecule has 2 fully saturated rings. The summed E-state index contributed by atoms with van der Waals surface area (Å²) in [6.07, 6.45) is 3.31. The molecule has 8 nitrogen and oxygen atoms in total. The van der Waals surface area contributed by atoms with Crippen LogP contribution in [0.15, 0.2) is 36.5 Å². The van der Waals surface area contributed by atoms with Crippen molar-refractivity contribution in [1.82, 2.24) is 15.3 Å². The van der Waals surface area contributed by atoms with Crippen molar-refractivity contribution in [3.63, 3.8) is 0 Å². The summed E-state index contributed by atoms with van der Waals surface area (Å²) in [4.78, 5) is 24.3. The van der Waals surface area contributed by atoms with Crippen LogP contribution in [0.25, 0.3) is 0 Å². The zero-order valence-corrected chi connectivity index (χ0v) is 16.9. The second kappa shape index (κ2) is 8.34. The van der Waals surface area contributed by atoms with E-state index in [-0.39, 0.29) is 30.0 Å². The summed E-state index contributed by atoms with van der Waals surface area (Å²) in [5.41, 5.74) is 7.89. The summed E-state index contributed by atoms with van der Waals surface area (Å²) >= 11 is 0. The van der Waals surface area contributed by atoms with Gasteiger partial charge in [-0.25, -0.2) is 4.98 Å². The Morgan fingerprint density at radius 2 is 2.03 bits per heavy atom. The van der Waals surface area contributed by atoms with Gasteiger partial charge in [0.25, 0.3) is 0 Å². The normalized spacial score (nSPS) is 23.0. The van der Waals surface area contributed by atoms with Crippen molar-refractivity contribution >= 4 is 23.4 Å². The van der Waals surface area contributed by atoms with Crippen LogP contribution < -0.4 is 20.9 Å². The average Bonchev–Trinajstić information content (AvgIpc) is 3.34. The molecule has 2 saturated heterocycles. The second-order valence-corrected chi connectivity index (χ2v) is 7.69. The summed E-state index contributed by atoms with van der Waals surface area (Å²) in [7, 11) is 1.74. The lowest BCUT2D eigenvalue weighted by molar-refractivity contribution is -0.117. The molecule has 154 valence electrons. The molecular formula is C21H28N6O2. The van der Waals surface area contributed by atoms with Crippen LogP contribution in [0.4, 0.5) is 17.5 Å². The highest BCUT2D eigenvalue weighted by atomic mass is 16.5. The largest absolute Gasteiger partial charge is 0.378 e.